The number of carbonyl (C=O) groups is 2. The fourth-order valence-corrected chi connectivity index (χ4v) is 3.85. The van der Waals surface area contributed by atoms with Crippen LogP contribution in [-0.4, -0.2) is 62.4 Å². The number of amides is 1. The number of carboxylic acid groups (broad SMARTS) is 1. The van der Waals surface area contributed by atoms with Crippen molar-refractivity contribution in [2.24, 2.45) is 11.3 Å². The van der Waals surface area contributed by atoms with E-state index >= 15 is 0 Å². The van der Waals surface area contributed by atoms with Gasteiger partial charge >= 0.3 is 5.97 Å². The molecule has 3 rings (SSSR count). The van der Waals surface area contributed by atoms with Gasteiger partial charge in [0.1, 0.15) is 11.5 Å². The molecule has 0 saturated carbocycles. The van der Waals surface area contributed by atoms with Crippen LogP contribution in [0.2, 0.25) is 0 Å². The van der Waals surface area contributed by atoms with Gasteiger partial charge in [0.05, 0.1) is 32.7 Å². The van der Waals surface area contributed by atoms with Crippen molar-refractivity contribution in [1.29, 1.82) is 0 Å². The average molecular weight is 349 g/mol. The van der Waals surface area contributed by atoms with Crippen molar-refractivity contribution in [2.75, 3.05) is 40.5 Å². The quantitative estimate of drug-likeness (QED) is 0.860. The van der Waals surface area contributed by atoms with E-state index in [1.807, 2.05) is 0 Å². The minimum absolute atomic E-state index is 0.108. The van der Waals surface area contributed by atoms with Gasteiger partial charge in [0.2, 0.25) is 5.91 Å². The van der Waals surface area contributed by atoms with Crippen molar-refractivity contribution >= 4 is 11.9 Å². The van der Waals surface area contributed by atoms with Crippen LogP contribution in [0.3, 0.4) is 0 Å². The Bertz CT molecular complexity index is 653. The van der Waals surface area contributed by atoms with Crippen LogP contribution in [-0.2, 0) is 20.7 Å². The van der Waals surface area contributed by atoms with E-state index in [0.717, 1.165) is 0 Å². The van der Waals surface area contributed by atoms with E-state index in [4.69, 9.17) is 14.2 Å². The summed E-state index contributed by atoms with van der Waals surface area (Å²) in [6.07, 6.45) is 0.547. The molecular formula is C18H23NO6. The lowest BCUT2D eigenvalue weighted by Gasteiger charge is -2.33. The molecule has 0 aromatic heterocycles. The molecule has 1 aromatic rings. The Morgan fingerprint density at radius 3 is 2.56 bits per heavy atom. The Balaban J connectivity index is 1.80. The van der Waals surface area contributed by atoms with E-state index in [9.17, 15) is 14.7 Å². The van der Waals surface area contributed by atoms with Crippen LogP contribution in [0.4, 0.5) is 0 Å². The van der Waals surface area contributed by atoms with E-state index in [1.165, 1.54) is 0 Å². The maximum atomic E-state index is 12.8. The number of benzene rings is 1. The van der Waals surface area contributed by atoms with E-state index in [2.05, 4.69) is 0 Å². The molecule has 1 N–H and O–H groups in total. The van der Waals surface area contributed by atoms with E-state index in [1.54, 1.807) is 37.3 Å². The maximum absolute atomic E-state index is 12.8. The lowest BCUT2D eigenvalue weighted by molar-refractivity contribution is -0.157. The maximum Gasteiger partial charge on any atom is 0.311 e. The lowest BCUT2D eigenvalue weighted by atomic mass is 9.74. The first kappa shape index (κ1) is 17.5. The average Bonchev–Trinajstić information content (AvgIpc) is 3.03. The van der Waals surface area contributed by atoms with Crippen LogP contribution in [0, 0.1) is 11.3 Å². The molecule has 0 spiro atoms. The van der Waals surface area contributed by atoms with Crippen LogP contribution in [0.5, 0.6) is 11.5 Å². The van der Waals surface area contributed by atoms with Crippen LogP contribution < -0.4 is 9.47 Å². The molecule has 25 heavy (non-hydrogen) atoms. The number of hydrogen-bond acceptors (Lipinski definition) is 5. The fourth-order valence-electron chi connectivity index (χ4n) is 3.85. The Hall–Kier alpha value is -2.28. The smallest absolute Gasteiger partial charge is 0.311 e. The van der Waals surface area contributed by atoms with Crippen molar-refractivity contribution in [3.63, 3.8) is 0 Å². The van der Waals surface area contributed by atoms with E-state index < -0.39 is 11.4 Å². The van der Waals surface area contributed by atoms with E-state index in [0.29, 0.717) is 43.2 Å². The number of hydrogen-bond donors (Lipinski definition) is 1. The number of nitrogens with zero attached hydrogens (tertiary/aromatic N) is 1. The minimum atomic E-state index is -0.890. The van der Waals surface area contributed by atoms with Gasteiger partial charge in [0, 0.05) is 31.2 Å². The van der Waals surface area contributed by atoms with Gasteiger partial charge < -0.3 is 24.2 Å². The van der Waals surface area contributed by atoms with Gasteiger partial charge in [-0.05, 0) is 18.6 Å². The number of rotatable bonds is 5. The molecule has 1 amide bonds. The number of methoxy groups -OCH3 is 2. The molecule has 0 aliphatic carbocycles. The molecule has 7 heteroatoms. The summed E-state index contributed by atoms with van der Waals surface area (Å²) in [5, 5.41) is 9.72. The van der Waals surface area contributed by atoms with Gasteiger partial charge in [0.15, 0.2) is 0 Å². The first-order valence-electron chi connectivity index (χ1n) is 8.30. The van der Waals surface area contributed by atoms with Crippen LogP contribution in [0.25, 0.3) is 0 Å². The highest BCUT2D eigenvalue weighted by Gasteiger charge is 2.54. The topological polar surface area (TPSA) is 85.3 Å². The molecule has 0 bridgehead atoms. The van der Waals surface area contributed by atoms with Crippen molar-refractivity contribution in [1.82, 2.24) is 4.90 Å². The van der Waals surface area contributed by atoms with Crippen molar-refractivity contribution < 1.29 is 28.9 Å². The number of likely N-dealkylation sites (tertiary alicyclic amines) is 1. The third kappa shape index (κ3) is 3.04. The summed E-state index contributed by atoms with van der Waals surface area (Å²) in [6.45, 7) is 1.44. The summed E-state index contributed by atoms with van der Waals surface area (Å²) in [6, 6.07) is 5.36. The lowest BCUT2D eigenvalue weighted by Crippen LogP contribution is -2.45. The summed E-state index contributed by atoms with van der Waals surface area (Å²) in [5.41, 5.74) is -0.216. The number of fused-ring (bicyclic) bond motifs is 1. The molecule has 0 radical (unpaired) electrons. The first-order chi connectivity index (χ1) is 12.0. The molecule has 2 heterocycles. The molecular weight excluding hydrogens is 326 g/mol. The van der Waals surface area contributed by atoms with Crippen molar-refractivity contribution in [2.45, 2.75) is 12.8 Å². The SMILES string of the molecule is COc1cccc(OC)c1CC(=O)N1C[C@H]2COCC[C@@]2(C(=O)O)C1. The molecule has 2 atom stereocenters. The Kier molecular flexibility index (Phi) is 4.85. The molecule has 7 nitrogen and oxygen atoms in total. The zero-order chi connectivity index (χ0) is 18.0. The standard InChI is InChI=1S/C18H23NO6/c1-23-14-4-3-5-15(24-2)13(14)8-16(20)19-9-12-10-25-7-6-18(12,11-19)17(21)22/h3-5,12H,6-11H2,1-2H3,(H,21,22)/t12-,18+/m0/s1. The summed E-state index contributed by atoms with van der Waals surface area (Å²) in [5.74, 6) is 0.0345. The zero-order valence-electron chi connectivity index (χ0n) is 14.5. The van der Waals surface area contributed by atoms with E-state index in [-0.39, 0.29) is 24.8 Å². The van der Waals surface area contributed by atoms with Crippen molar-refractivity contribution in [3.8, 4) is 11.5 Å². The molecule has 2 saturated heterocycles. The largest absolute Gasteiger partial charge is 0.496 e. The molecule has 0 unspecified atom stereocenters. The monoisotopic (exact) mass is 349 g/mol. The summed E-state index contributed by atoms with van der Waals surface area (Å²) >= 11 is 0. The van der Waals surface area contributed by atoms with Crippen LogP contribution in [0.15, 0.2) is 18.2 Å². The molecule has 1 aromatic carbocycles. The highest BCUT2D eigenvalue weighted by atomic mass is 16.5. The third-order valence-corrected chi connectivity index (χ3v) is 5.34. The predicted octanol–water partition coefficient (Wildman–Crippen LogP) is 1.20. The van der Waals surface area contributed by atoms with Gasteiger partial charge in [-0.2, -0.15) is 0 Å². The second-order valence-electron chi connectivity index (χ2n) is 6.58. The van der Waals surface area contributed by atoms with Crippen LogP contribution >= 0.6 is 0 Å². The number of ether oxygens (including phenoxy) is 3. The fraction of sp³-hybridized carbons (Fsp3) is 0.556. The van der Waals surface area contributed by atoms with Gasteiger partial charge in [0.25, 0.3) is 0 Å². The van der Waals surface area contributed by atoms with Gasteiger partial charge in [-0.15, -0.1) is 0 Å². The minimum Gasteiger partial charge on any atom is -0.496 e. The second kappa shape index (κ2) is 6.92. The number of aliphatic carboxylic acids is 1. The summed E-state index contributed by atoms with van der Waals surface area (Å²) in [7, 11) is 3.09. The first-order valence-corrected chi connectivity index (χ1v) is 8.30. The highest BCUT2D eigenvalue weighted by Crippen LogP contribution is 2.43. The van der Waals surface area contributed by atoms with Gasteiger partial charge in [-0.1, -0.05) is 6.07 Å². The number of carboxylic acids is 1. The Labute approximate surface area is 146 Å². The molecule has 2 aliphatic rings. The molecule has 136 valence electrons. The van der Waals surface area contributed by atoms with Crippen molar-refractivity contribution in [3.05, 3.63) is 23.8 Å². The zero-order valence-corrected chi connectivity index (χ0v) is 14.5. The second-order valence-corrected chi connectivity index (χ2v) is 6.58. The predicted molar refractivity (Wildman–Crippen MR) is 88.8 cm³/mol. The summed E-state index contributed by atoms with van der Waals surface area (Å²) in [4.78, 5) is 26.3. The summed E-state index contributed by atoms with van der Waals surface area (Å²) < 4.78 is 16.1. The highest BCUT2D eigenvalue weighted by molar-refractivity contribution is 5.83. The molecule has 2 aliphatic heterocycles. The Morgan fingerprint density at radius 1 is 1.32 bits per heavy atom. The normalized spacial score (nSPS) is 25.4. The molecule has 2 fully saturated rings. The van der Waals surface area contributed by atoms with Gasteiger partial charge in [-0.3, -0.25) is 9.59 Å². The Morgan fingerprint density at radius 2 is 2.00 bits per heavy atom. The van der Waals surface area contributed by atoms with Crippen LogP contribution in [0.1, 0.15) is 12.0 Å². The third-order valence-electron chi connectivity index (χ3n) is 5.34. The number of carbonyl (C=O) groups excluding carboxylic acids is 1. The van der Waals surface area contributed by atoms with Gasteiger partial charge in [-0.25, -0.2) is 0 Å².